The molecule has 0 bridgehead atoms. The zero-order chi connectivity index (χ0) is 12.7. The predicted molar refractivity (Wildman–Crippen MR) is 68.6 cm³/mol. The quantitative estimate of drug-likeness (QED) is 0.691. The van der Waals surface area contributed by atoms with Gasteiger partial charge in [-0.05, 0) is 39.8 Å². The smallest absolute Gasteiger partial charge is 0.223 e. The van der Waals surface area contributed by atoms with Crippen LogP contribution in [0.1, 0.15) is 33.1 Å². The van der Waals surface area contributed by atoms with Crippen LogP contribution in [0.3, 0.4) is 0 Å². The Bertz CT molecular complexity index is 275. The molecule has 1 rings (SSSR count). The lowest BCUT2D eigenvalue weighted by Crippen LogP contribution is -2.36. The molecule has 0 heterocycles. The number of rotatable bonds is 6. The van der Waals surface area contributed by atoms with Gasteiger partial charge in [-0.15, -0.1) is 0 Å². The van der Waals surface area contributed by atoms with Gasteiger partial charge in [-0.3, -0.25) is 4.79 Å². The minimum Gasteiger partial charge on any atom is -0.496 e. The number of hydrogen-bond acceptors (Lipinski definition) is 3. The van der Waals surface area contributed by atoms with Gasteiger partial charge in [0.1, 0.15) is 0 Å². The average Bonchev–Trinajstić information content (AvgIpc) is 2.28. The molecule has 1 atom stereocenters. The molecule has 0 spiro atoms. The second-order valence-electron chi connectivity index (χ2n) is 4.71. The highest BCUT2D eigenvalue weighted by atomic mass is 16.5. The van der Waals surface area contributed by atoms with Crippen LogP contribution >= 0.6 is 0 Å². The molecule has 0 saturated carbocycles. The first-order chi connectivity index (χ1) is 8.13. The van der Waals surface area contributed by atoms with Gasteiger partial charge in [-0.25, -0.2) is 0 Å². The third-order valence-electron chi connectivity index (χ3n) is 2.77. The Hall–Kier alpha value is -1.03. The number of allylic oxidation sites excluding steroid dienone is 2. The highest BCUT2D eigenvalue weighted by Crippen LogP contribution is 2.25. The molecule has 0 aromatic carbocycles. The van der Waals surface area contributed by atoms with Crippen LogP contribution in [-0.4, -0.2) is 32.1 Å². The van der Waals surface area contributed by atoms with E-state index in [1.54, 1.807) is 0 Å². The standard InChI is InChI=1S/C13H24N2O2/c1-10(2)17-12-6-4-5-11(9-12)13(16)15-8-7-14-3/h6,10-11,14H,4-5,7-9H2,1-3H3,(H,15,16). The van der Waals surface area contributed by atoms with Crippen LogP contribution in [0.15, 0.2) is 11.8 Å². The van der Waals surface area contributed by atoms with Crippen molar-refractivity contribution in [3.05, 3.63) is 11.8 Å². The Balaban J connectivity index is 2.35. The first-order valence-electron chi connectivity index (χ1n) is 6.41. The number of amides is 1. The zero-order valence-electron chi connectivity index (χ0n) is 11.1. The summed E-state index contributed by atoms with van der Waals surface area (Å²) in [6.07, 6.45) is 4.90. The van der Waals surface area contributed by atoms with E-state index in [0.717, 1.165) is 31.6 Å². The Morgan fingerprint density at radius 1 is 1.53 bits per heavy atom. The molecule has 4 heteroatoms. The maximum atomic E-state index is 11.9. The van der Waals surface area contributed by atoms with Crippen LogP contribution in [0, 0.1) is 5.92 Å². The van der Waals surface area contributed by atoms with Crippen LogP contribution in [0.2, 0.25) is 0 Å². The fraction of sp³-hybridized carbons (Fsp3) is 0.769. The molecule has 0 fully saturated rings. The fourth-order valence-corrected chi connectivity index (χ4v) is 1.95. The second-order valence-corrected chi connectivity index (χ2v) is 4.71. The Labute approximate surface area is 104 Å². The molecule has 1 unspecified atom stereocenters. The van der Waals surface area contributed by atoms with Gasteiger partial charge in [0.05, 0.1) is 11.9 Å². The summed E-state index contributed by atoms with van der Waals surface area (Å²) in [5.74, 6) is 1.20. The van der Waals surface area contributed by atoms with Gasteiger partial charge in [0, 0.05) is 25.4 Å². The van der Waals surface area contributed by atoms with E-state index in [-0.39, 0.29) is 17.9 Å². The maximum absolute atomic E-state index is 11.9. The Morgan fingerprint density at radius 3 is 2.94 bits per heavy atom. The molecule has 2 N–H and O–H groups in total. The van der Waals surface area contributed by atoms with Crippen molar-refractivity contribution in [3.63, 3.8) is 0 Å². The van der Waals surface area contributed by atoms with Crippen LogP contribution in [0.4, 0.5) is 0 Å². The Morgan fingerprint density at radius 2 is 2.29 bits per heavy atom. The number of nitrogens with one attached hydrogen (secondary N) is 2. The van der Waals surface area contributed by atoms with Gasteiger partial charge in [0.2, 0.25) is 5.91 Å². The fourth-order valence-electron chi connectivity index (χ4n) is 1.95. The molecule has 4 nitrogen and oxygen atoms in total. The SMILES string of the molecule is CNCCNC(=O)C1CCC=C(OC(C)C)C1. The maximum Gasteiger partial charge on any atom is 0.223 e. The summed E-state index contributed by atoms with van der Waals surface area (Å²) in [7, 11) is 1.88. The average molecular weight is 240 g/mol. The van der Waals surface area contributed by atoms with E-state index >= 15 is 0 Å². The molecular weight excluding hydrogens is 216 g/mol. The molecule has 0 aromatic rings. The van der Waals surface area contributed by atoms with Gasteiger partial charge in [-0.2, -0.15) is 0 Å². The highest BCUT2D eigenvalue weighted by molar-refractivity contribution is 5.79. The van der Waals surface area contributed by atoms with Crippen molar-refractivity contribution in [2.24, 2.45) is 5.92 Å². The minimum atomic E-state index is 0.0746. The number of hydrogen-bond donors (Lipinski definition) is 2. The summed E-state index contributed by atoms with van der Waals surface area (Å²) in [6.45, 7) is 5.52. The van der Waals surface area contributed by atoms with Crippen LogP contribution in [0.25, 0.3) is 0 Å². The summed E-state index contributed by atoms with van der Waals surface area (Å²) in [5.41, 5.74) is 0. The topological polar surface area (TPSA) is 50.4 Å². The molecule has 1 aliphatic rings. The van der Waals surface area contributed by atoms with Crippen molar-refractivity contribution >= 4 is 5.91 Å². The van der Waals surface area contributed by atoms with E-state index < -0.39 is 0 Å². The number of carbonyl (C=O) groups is 1. The number of ether oxygens (including phenoxy) is 1. The first kappa shape index (κ1) is 14.0. The van der Waals surface area contributed by atoms with E-state index in [9.17, 15) is 4.79 Å². The normalized spacial score (nSPS) is 20.0. The summed E-state index contributed by atoms with van der Waals surface area (Å²) in [5, 5.41) is 5.95. The zero-order valence-corrected chi connectivity index (χ0v) is 11.1. The van der Waals surface area contributed by atoms with Gasteiger partial charge < -0.3 is 15.4 Å². The van der Waals surface area contributed by atoms with E-state index in [1.165, 1.54) is 0 Å². The van der Waals surface area contributed by atoms with Crippen molar-refractivity contribution in [1.82, 2.24) is 10.6 Å². The molecule has 0 radical (unpaired) electrons. The van der Waals surface area contributed by atoms with E-state index in [1.807, 2.05) is 20.9 Å². The molecular formula is C13H24N2O2. The highest BCUT2D eigenvalue weighted by Gasteiger charge is 2.23. The molecule has 0 aromatic heterocycles. The molecule has 0 saturated heterocycles. The largest absolute Gasteiger partial charge is 0.496 e. The molecule has 0 aliphatic heterocycles. The van der Waals surface area contributed by atoms with Crippen molar-refractivity contribution < 1.29 is 9.53 Å². The van der Waals surface area contributed by atoms with Gasteiger partial charge in [-0.1, -0.05) is 0 Å². The molecule has 1 amide bonds. The van der Waals surface area contributed by atoms with E-state index in [0.29, 0.717) is 6.54 Å². The summed E-state index contributed by atoms with van der Waals surface area (Å²) < 4.78 is 5.67. The van der Waals surface area contributed by atoms with Crippen molar-refractivity contribution in [3.8, 4) is 0 Å². The first-order valence-corrected chi connectivity index (χ1v) is 6.41. The van der Waals surface area contributed by atoms with Crippen LogP contribution in [-0.2, 0) is 9.53 Å². The van der Waals surface area contributed by atoms with Crippen molar-refractivity contribution in [1.29, 1.82) is 0 Å². The lowest BCUT2D eigenvalue weighted by Gasteiger charge is -2.23. The van der Waals surface area contributed by atoms with Gasteiger partial charge in [0.15, 0.2) is 0 Å². The number of likely N-dealkylation sites (N-methyl/N-ethyl adjacent to an activating group) is 1. The van der Waals surface area contributed by atoms with Gasteiger partial charge >= 0.3 is 0 Å². The van der Waals surface area contributed by atoms with Crippen molar-refractivity contribution in [2.45, 2.75) is 39.2 Å². The predicted octanol–water partition coefficient (Wildman–Crippen LogP) is 1.43. The third-order valence-corrected chi connectivity index (χ3v) is 2.77. The Kier molecular flexibility index (Phi) is 6.05. The van der Waals surface area contributed by atoms with Crippen LogP contribution < -0.4 is 10.6 Å². The monoisotopic (exact) mass is 240 g/mol. The lowest BCUT2D eigenvalue weighted by molar-refractivity contribution is -0.125. The van der Waals surface area contributed by atoms with Crippen LogP contribution in [0.5, 0.6) is 0 Å². The molecule has 98 valence electrons. The lowest BCUT2D eigenvalue weighted by atomic mass is 9.92. The summed E-state index contributed by atoms with van der Waals surface area (Å²) in [6, 6.07) is 0. The summed E-state index contributed by atoms with van der Waals surface area (Å²) >= 11 is 0. The second kappa shape index (κ2) is 7.33. The summed E-state index contributed by atoms with van der Waals surface area (Å²) in [4.78, 5) is 11.9. The third kappa shape index (κ3) is 5.22. The molecule has 1 aliphatic carbocycles. The molecule has 17 heavy (non-hydrogen) atoms. The number of carbonyl (C=O) groups excluding carboxylic acids is 1. The minimum absolute atomic E-state index is 0.0746. The van der Waals surface area contributed by atoms with E-state index in [4.69, 9.17) is 4.74 Å². The van der Waals surface area contributed by atoms with Gasteiger partial charge in [0.25, 0.3) is 0 Å². The van der Waals surface area contributed by atoms with Crippen molar-refractivity contribution in [2.75, 3.05) is 20.1 Å². The van der Waals surface area contributed by atoms with E-state index in [2.05, 4.69) is 16.7 Å².